The fraction of sp³-hybridized carbons (Fsp3) is 0.0667. The standard InChI is InChI=1S/C15H9BrF2O/c16-12-9-14(18)13(17)8-11(12)15(19)7-6-10-4-2-1-3-5-10/h1-5,8-9,15,19H. The molecule has 96 valence electrons. The Labute approximate surface area is 118 Å². The van der Waals surface area contributed by atoms with Crippen LogP contribution in [0.25, 0.3) is 0 Å². The lowest BCUT2D eigenvalue weighted by atomic mass is 10.1. The highest BCUT2D eigenvalue weighted by molar-refractivity contribution is 9.10. The summed E-state index contributed by atoms with van der Waals surface area (Å²) >= 11 is 3.07. The third-order valence-electron chi connectivity index (χ3n) is 2.46. The average molecular weight is 323 g/mol. The lowest BCUT2D eigenvalue weighted by molar-refractivity contribution is 0.236. The lowest BCUT2D eigenvalue weighted by Gasteiger charge is -2.07. The Morgan fingerprint density at radius 1 is 1.05 bits per heavy atom. The van der Waals surface area contributed by atoms with Crippen LogP contribution in [-0.4, -0.2) is 5.11 Å². The molecule has 0 amide bonds. The zero-order valence-corrected chi connectivity index (χ0v) is 11.3. The van der Waals surface area contributed by atoms with E-state index < -0.39 is 17.7 Å². The number of hydrogen-bond donors (Lipinski definition) is 1. The maximum atomic E-state index is 13.1. The van der Waals surface area contributed by atoms with Crippen molar-refractivity contribution in [2.75, 3.05) is 0 Å². The highest BCUT2D eigenvalue weighted by Gasteiger charge is 2.13. The van der Waals surface area contributed by atoms with Gasteiger partial charge in [-0.15, -0.1) is 0 Å². The molecular formula is C15H9BrF2O. The Morgan fingerprint density at radius 3 is 2.37 bits per heavy atom. The molecule has 0 aromatic heterocycles. The third kappa shape index (κ3) is 3.40. The highest BCUT2D eigenvalue weighted by Crippen LogP contribution is 2.25. The largest absolute Gasteiger partial charge is 0.376 e. The zero-order valence-electron chi connectivity index (χ0n) is 9.70. The van der Waals surface area contributed by atoms with E-state index in [9.17, 15) is 13.9 Å². The van der Waals surface area contributed by atoms with Gasteiger partial charge in [0, 0.05) is 15.6 Å². The van der Waals surface area contributed by atoms with Crippen molar-refractivity contribution < 1.29 is 13.9 Å². The summed E-state index contributed by atoms with van der Waals surface area (Å²) in [7, 11) is 0. The van der Waals surface area contributed by atoms with E-state index in [1.54, 1.807) is 12.1 Å². The molecule has 0 spiro atoms. The van der Waals surface area contributed by atoms with E-state index in [0.29, 0.717) is 0 Å². The second kappa shape index (κ2) is 5.96. The fourth-order valence-corrected chi connectivity index (χ4v) is 2.03. The number of hydrogen-bond acceptors (Lipinski definition) is 1. The molecular weight excluding hydrogens is 314 g/mol. The molecule has 2 rings (SSSR count). The van der Waals surface area contributed by atoms with Crippen molar-refractivity contribution in [3.05, 3.63) is 69.7 Å². The summed E-state index contributed by atoms with van der Waals surface area (Å²) < 4.78 is 26.4. The zero-order chi connectivity index (χ0) is 13.8. The Balaban J connectivity index is 2.29. The van der Waals surface area contributed by atoms with E-state index in [4.69, 9.17) is 0 Å². The number of rotatable bonds is 1. The second-order valence-electron chi connectivity index (χ2n) is 3.83. The van der Waals surface area contributed by atoms with Gasteiger partial charge in [0.2, 0.25) is 0 Å². The number of halogens is 3. The van der Waals surface area contributed by atoms with Gasteiger partial charge in [0.1, 0.15) is 6.10 Å². The summed E-state index contributed by atoms with van der Waals surface area (Å²) in [5.74, 6) is 3.37. The molecule has 19 heavy (non-hydrogen) atoms. The van der Waals surface area contributed by atoms with Crippen LogP contribution >= 0.6 is 15.9 Å². The molecule has 0 fully saturated rings. The summed E-state index contributed by atoms with van der Waals surface area (Å²) in [4.78, 5) is 0. The molecule has 1 N–H and O–H groups in total. The van der Waals surface area contributed by atoms with E-state index in [0.717, 1.165) is 17.7 Å². The molecule has 0 heterocycles. The first-order valence-electron chi connectivity index (χ1n) is 5.47. The van der Waals surface area contributed by atoms with Gasteiger partial charge in [-0.1, -0.05) is 46.0 Å². The van der Waals surface area contributed by atoms with Gasteiger partial charge in [0.25, 0.3) is 0 Å². The first-order valence-corrected chi connectivity index (χ1v) is 6.26. The smallest absolute Gasteiger partial charge is 0.159 e. The molecule has 0 bridgehead atoms. The Bertz CT molecular complexity index is 644. The van der Waals surface area contributed by atoms with Crippen LogP contribution in [0.2, 0.25) is 0 Å². The van der Waals surface area contributed by atoms with Gasteiger partial charge in [-0.2, -0.15) is 0 Å². The van der Waals surface area contributed by atoms with Crippen LogP contribution in [0, 0.1) is 23.5 Å². The lowest BCUT2D eigenvalue weighted by Crippen LogP contribution is -1.98. The molecule has 2 aromatic carbocycles. The number of benzene rings is 2. The molecule has 2 aromatic rings. The number of aliphatic hydroxyl groups excluding tert-OH is 1. The summed E-state index contributed by atoms with van der Waals surface area (Å²) in [5.41, 5.74) is 0.933. The molecule has 0 aliphatic heterocycles. The molecule has 0 saturated carbocycles. The van der Waals surface area contributed by atoms with Gasteiger partial charge in [-0.3, -0.25) is 0 Å². The molecule has 1 nitrogen and oxygen atoms in total. The van der Waals surface area contributed by atoms with E-state index in [-0.39, 0.29) is 10.0 Å². The summed E-state index contributed by atoms with van der Waals surface area (Å²) in [6.45, 7) is 0. The minimum absolute atomic E-state index is 0.197. The monoisotopic (exact) mass is 322 g/mol. The summed E-state index contributed by atoms with van der Waals surface area (Å²) in [6, 6.07) is 11.0. The van der Waals surface area contributed by atoms with E-state index in [1.165, 1.54) is 0 Å². The maximum absolute atomic E-state index is 13.1. The van der Waals surface area contributed by atoms with Gasteiger partial charge < -0.3 is 5.11 Å². The Hall–Kier alpha value is -1.70. The SMILES string of the molecule is OC(C#Cc1ccccc1)c1cc(F)c(F)cc1Br. The number of aliphatic hydroxyl groups is 1. The molecule has 4 heteroatoms. The van der Waals surface area contributed by atoms with Gasteiger partial charge >= 0.3 is 0 Å². The molecule has 0 saturated heterocycles. The highest BCUT2D eigenvalue weighted by atomic mass is 79.9. The summed E-state index contributed by atoms with van der Waals surface area (Å²) in [5, 5.41) is 9.89. The van der Waals surface area contributed by atoms with E-state index >= 15 is 0 Å². The van der Waals surface area contributed by atoms with Crippen LogP contribution in [0.4, 0.5) is 8.78 Å². The molecule has 0 aliphatic rings. The van der Waals surface area contributed by atoms with Crippen LogP contribution in [0.15, 0.2) is 46.9 Å². The van der Waals surface area contributed by atoms with Crippen molar-refractivity contribution in [2.45, 2.75) is 6.10 Å². The predicted octanol–water partition coefficient (Wildman–Crippen LogP) is 3.81. The third-order valence-corrected chi connectivity index (χ3v) is 3.15. The Kier molecular flexibility index (Phi) is 4.31. The van der Waals surface area contributed by atoms with Crippen molar-refractivity contribution in [2.24, 2.45) is 0 Å². The van der Waals surface area contributed by atoms with Gasteiger partial charge in [0.15, 0.2) is 11.6 Å². The van der Waals surface area contributed by atoms with Crippen LogP contribution < -0.4 is 0 Å². The van der Waals surface area contributed by atoms with Crippen LogP contribution in [-0.2, 0) is 0 Å². The van der Waals surface area contributed by atoms with Crippen molar-refractivity contribution in [3.63, 3.8) is 0 Å². The van der Waals surface area contributed by atoms with Crippen molar-refractivity contribution >= 4 is 15.9 Å². The van der Waals surface area contributed by atoms with Crippen molar-refractivity contribution in [1.29, 1.82) is 0 Å². The van der Waals surface area contributed by atoms with Crippen LogP contribution in [0.3, 0.4) is 0 Å². The average Bonchev–Trinajstić information content (AvgIpc) is 2.41. The van der Waals surface area contributed by atoms with Crippen LogP contribution in [0.5, 0.6) is 0 Å². The molecule has 1 unspecified atom stereocenters. The summed E-state index contributed by atoms with van der Waals surface area (Å²) in [6.07, 6.45) is -1.19. The minimum Gasteiger partial charge on any atom is -0.376 e. The predicted molar refractivity (Wildman–Crippen MR) is 72.3 cm³/mol. The first kappa shape index (κ1) is 13.7. The van der Waals surface area contributed by atoms with E-state index in [2.05, 4.69) is 27.8 Å². The van der Waals surface area contributed by atoms with Gasteiger partial charge in [-0.05, 0) is 24.3 Å². The molecule has 0 radical (unpaired) electrons. The van der Waals surface area contributed by atoms with Crippen molar-refractivity contribution in [3.8, 4) is 11.8 Å². The minimum atomic E-state index is -1.19. The molecule has 1 atom stereocenters. The topological polar surface area (TPSA) is 20.2 Å². The van der Waals surface area contributed by atoms with Gasteiger partial charge in [0.05, 0.1) is 0 Å². The quantitative estimate of drug-likeness (QED) is 0.625. The second-order valence-corrected chi connectivity index (χ2v) is 4.68. The normalized spacial score (nSPS) is 11.6. The van der Waals surface area contributed by atoms with Crippen molar-refractivity contribution in [1.82, 2.24) is 0 Å². The fourth-order valence-electron chi connectivity index (χ4n) is 1.50. The van der Waals surface area contributed by atoms with Crippen LogP contribution in [0.1, 0.15) is 17.2 Å². The first-order chi connectivity index (χ1) is 9.08. The Morgan fingerprint density at radius 2 is 1.68 bits per heavy atom. The maximum Gasteiger partial charge on any atom is 0.159 e. The van der Waals surface area contributed by atoms with Gasteiger partial charge in [-0.25, -0.2) is 8.78 Å². The molecule has 0 aliphatic carbocycles. The van der Waals surface area contributed by atoms with E-state index in [1.807, 2.05) is 18.2 Å².